The predicted molar refractivity (Wildman–Crippen MR) is 130 cm³/mol. The van der Waals surface area contributed by atoms with Crippen LogP contribution in [0.25, 0.3) is 11.4 Å². The van der Waals surface area contributed by atoms with E-state index in [2.05, 4.69) is 28.8 Å². The van der Waals surface area contributed by atoms with Gasteiger partial charge in [-0.15, -0.1) is 0 Å². The molecule has 35 heavy (non-hydrogen) atoms. The first-order valence-corrected chi connectivity index (χ1v) is 11.8. The molecule has 3 heterocycles. The van der Waals surface area contributed by atoms with E-state index in [-0.39, 0.29) is 30.4 Å². The largest absolute Gasteiger partial charge is 0.488 e. The van der Waals surface area contributed by atoms with Crippen LogP contribution in [-0.2, 0) is 16.1 Å². The molecule has 1 fully saturated rings. The van der Waals surface area contributed by atoms with Crippen molar-refractivity contribution in [1.29, 1.82) is 0 Å². The monoisotopic (exact) mass is 478 g/mol. The lowest BCUT2D eigenvalue weighted by molar-refractivity contribution is -0.135. The summed E-state index contributed by atoms with van der Waals surface area (Å²) in [5.41, 5.74) is 2.69. The maximum Gasteiger partial charge on any atom is 0.312 e. The molecule has 0 aliphatic carbocycles. The number of aldehydes is 1. The number of benzene rings is 1. The molecule has 2 aromatic heterocycles. The number of pyridine rings is 1. The van der Waals surface area contributed by atoms with Crippen molar-refractivity contribution in [3.05, 3.63) is 59.9 Å². The Balaban J connectivity index is 1.45. The minimum absolute atomic E-state index is 0.173. The number of hydrogen-bond donors (Lipinski definition) is 0. The predicted octanol–water partition coefficient (Wildman–Crippen LogP) is 3.55. The van der Waals surface area contributed by atoms with Gasteiger partial charge in [-0.1, -0.05) is 12.1 Å². The minimum atomic E-state index is -0.395. The van der Waals surface area contributed by atoms with E-state index in [1.807, 2.05) is 22.9 Å². The molecule has 1 aliphatic heterocycles. The number of carbonyl (C=O) groups excluding carboxylic acids is 2. The van der Waals surface area contributed by atoms with Crippen molar-refractivity contribution in [3.8, 4) is 22.9 Å². The lowest BCUT2D eigenvalue weighted by atomic mass is 10.1. The average molecular weight is 479 g/mol. The SMILES string of the molecule is CC(C)n1nccc1-c1ncccc1COc1cccc(OC(=O)CCN2CCOCC2)c1C=O. The van der Waals surface area contributed by atoms with E-state index >= 15 is 0 Å². The van der Waals surface area contributed by atoms with Crippen molar-refractivity contribution < 1.29 is 23.8 Å². The maximum atomic E-state index is 12.4. The van der Waals surface area contributed by atoms with Crippen LogP contribution < -0.4 is 9.47 Å². The summed E-state index contributed by atoms with van der Waals surface area (Å²) >= 11 is 0. The van der Waals surface area contributed by atoms with Gasteiger partial charge in [-0.3, -0.25) is 24.2 Å². The molecule has 9 nitrogen and oxygen atoms in total. The normalized spacial score (nSPS) is 14.1. The fourth-order valence-corrected chi connectivity index (χ4v) is 3.96. The highest BCUT2D eigenvalue weighted by molar-refractivity contribution is 5.86. The smallest absolute Gasteiger partial charge is 0.312 e. The van der Waals surface area contributed by atoms with Crippen molar-refractivity contribution >= 4 is 12.3 Å². The number of esters is 1. The van der Waals surface area contributed by atoms with Crippen LogP contribution in [0.1, 0.15) is 42.2 Å². The summed E-state index contributed by atoms with van der Waals surface area (Å²) in [6.45, 7) is 7.81. The topological polar surface area (TPSA) is 95.8 Å². The lowest BCUT2D eigenvalue weighted by Gasteiger charge is -2.26. The Kier molecular flexibility index (Phi) is 8.23. The van der Waals surface area contributed by atoms with Crippen molar-refractivity contribution in [2.75, 3.05) is 32.8 Å². The molecule has 184 valence electrons. The third-order valence-electron chi connectivity index (χ3n) is 5.78. The van der Waals surface area contributed by atoms with Gasteiger partial charge in [0.05, 0.1) is 36.6 Å². The molecule has 0 N–H and O–H groups in total. The third-order valence-corrected chi connectivity index (χ3v) is 5.78. The van der Waals surface area contributed by atoms with Crippen molar-refractivity contribution in [2.24, 2.45) is 0 Å². The molecule has 1 aliphatic rings. The van der Waals surface area contributed by atoms with Gasteiger partial charge in [-0.25, -0.2) is 0 Å². The highest BCUT2D eigenvalue weighted by Crippen LogP contribution is 2.29. The van der Waals surface area contributed by atoms with Crippen molar-refractivity contribution in [3.63, 3.8) is 0 Å². The van der Waals surface area contributed by atoms with E-state index in [1.165, 1.54) is 0 Å². The van der Waals surface area contributed by atoms with Gasteiger partial charge in [-0.05, 0) is 38.1 Å². The lowest BCUT2D eigenvalue weighted by Crippen LogP contribution is -2.37. The molecule has 1 saturated heterocycles. The van der Waals surface area contributed by atoms with Crippen LogP contribution in [0, 0.1) is 0 Å². The molecule has 1 aromatic carbocycles. The molecular formula is C26H30N4O5. The number of nitrogens with zero attached hydrogens (tertiary/aromatic N) is 4. The van der Waals surface area contributed by atoms with E-state index in [9.17, 15) is 9.59 Å². The van der Waals surface area contributed by atoms with Crippen LogP contribution in [-0.4, -0.2) is 64.8 Å². The zero-order chi connectivity index (χ0) is 24.6. The summed E-state index contributed by atoms with van der Waals surface area (Å²) in [6, 6.07) is 10.8. The molecule has 0 spiro atoms. The third kappa shape index (κ3) is 6.12. The Morgan fingerprint density at radius 3 is 2.69 bits per heavy atom. The molecule has 0 radical (unpaired) electrons. The first-order valence-electron chi connectivity index (χ1n) is 11.8. The van der Waals surface area contributed by atoms with E-state index in [1.54, 1.807) is 30.6 Å². The number of carbonyl (C=O) groups is 2. The molecule has 0 bridgehead atoms. The number of morpholine rings is 1. The average Bonchev–Trinajstić information content (AvgIpc) is 3.37. The molecule has 0 saturated carbocycles. The zero-order valence-corrected chi connectivity index (χ0v) is 20.1. The first-order chi connectivity index (χ1) is 17.1. The van der Waals surface area contributed by atoms with Gasteiger partial charge in [0.2, 0.25) is 0 Å². The molecule has 0 amide bonds. The Hall–Kier alpha value is -3.56. The number of rotatable bonds is 10. The summed E-state index contributed by atoms with van der Waals surface area (Å²) in [7, 11) is 0. The molecule has 0 atom stereocenters. The Morgan fingerprint density at radius 2 is 1.91 bits per heavy atom. The van der Waals surface area contributed by atoms with Crippen LogP contribution in [0.5, 0.6) is 11.5 Å². The van der Waals surface area contributed by atoms with Gasteiger partial charge < -0.3 is 14.2 Å². The number of aromatic nitrogens is 3. The Labute approximate surface area is 204 Å². The highest BCUT2D eigenvalue weighted by atomic mass is 16.5. The summed E-state index contributed by atoms with van der Waals surface area (Å²) < 4.78 is 18.8. The van der Waals surface area contributed by atoms with E-state index in [0.717, 1.165) is 30.0 Å². The number of ether oxygens (including phenoxy) is 3. The zero-order valence-electron chi connectivity index (χ0n) is 20.1. The van der Waals surface area contributed by atoms with Gasteiger partial charge in [0.25, 0.3) is 0 Å². The standard InChI is InChI=1S/C26H30N4O5/c1-19(2)30-22(8-11-28-30)26-20(5-4-10-27-26)18-34-23-6-3-7-24(21(23)17-31)35-25(32)9-12-29-13-15-33-16-14-29/h3-8,10-11,17,19H,9,12-16,18H2,1-2H3. The van der Waals surface area contributed by atoms with E-state index in [4.69, 9.17) is 14.2 Å². The first kappa shape index (κ1) is 24.6. The fourth-order valence-electron chi connectivity index (χ4n) is 3.96. The Bertz CT molecular complexity index is 1150. The summed E-state index contributed by atoms with van der Waals surface area (Å²) in [5.74, 6) is 0.132. The van der Waals surface area contributed by atoms with Gasteiger partial charge >= 0.3 is 5.97 Å². The summed E-state index contributed by atoms with van der Waals surface area (Å²) in [6.07, 6.45) is 4.35. The minimum Gasteiger partial charge on any atom is -0.488 e. The van der Waals surface area contributed by atoms with Crippen LogP contribution >= 0.6 is 0 Å². The van der Waals surface area contributed by atoms with Crippen molar-refractivity contribution in [1.82, 2.24) is 19.7 Å². The quantitative estimate of drug-likeness (QED) is 0.248. The summed E-state index contributed by atoms with van der Waals surface area (Å²) in [5, 5.41) is 4.39. The maximum absolute atomic E-state index is 12.4. The second-order valence-corrected chi connectivity index (χ2v) is 8.52. The molecule has 9 heteroatoms. The van der Waals surface area contributed by atoms with Gasteiger partial charge in [0, 0.05) is 43.6 Å². The van der Waals surface area contributed by atoms with E-state index < -0.39 is 5.97 Å². The van der Waals surface area contributed by atoms with E-state index in [0.29, 0.717) is 31.8 Å². The molecule has 3 aromatic rings. The van der Waals surface area contributed by atoms with Gasteiger partial charge in [0.15, 0.2) is 6.29 Å². The molecular weight excluding hydrogens is 448 g/mol. The van der Waals surface area contributed by atoms with Gasteiger partial charge in [-0.2, -0.15) is 5.10 Å². The van der Waals surface area contributed by atoms with Crippen LogP contribution in [0.4, 0.5) is 0 Å². The van der Waals surface area contributed by atoms with Crippen molar-refractivity contribution in [2.45, 2.75) is 32.9 Å². The molecule has 4 rings (SSSR count). The number of hydrogen-bond acceptors (Lipinski definition) is 8. The molecule has 0 unspecified atom stereocenters. The Morgan fingerprint density at radius 1 is 1.11 bits per heavy atom. The van der Waals surface area contributed by atoms with Crippen LogP contribution in [0.2, 0.25) is 0 Å². The summed E-state index contributed by atoms with van der Waals surface area (Å²) in [4.78, 5) is 31.0. The second kappa shape index (κ2) is 11.7. The van der Waals surface area contributed by atoms with Gasteiger partial charge in [0.1, 0.15) is 18.1 Å². The second-order valence-electron chi connectivity index (χ2n) is 8.52. The fraction of sp³-hybridized carbons (Fsp3) is 0.385. The van der Waals surface area contributed by atoms with Crippen LogP contribution in [0.15, 0.2) is 48.8 Å². The highest BCUT2D eigenvalue weighted by Gasteiger charge is 2.18. The van der Waals surface area contributed by atoms with Crippen LogP contribution in [0.3, 0.4) is 0 Å².